The molecule has 1 aromatic heterocycles. The van der Waals surface area contributed by atoms with Gasteiger partial charge in [-0.25, -0.2) is 4.98 Å². The largest absolute Gasteiger partial charge is 0.477 e. The number of hydrogen-bond donors (Lipinski definition) is 2. The zero-order chi connectivity index (χ0) is 13.0. The van der Waals surface area contributed by atoms with Crippen LogP contribution in [-0.2, 0) is 4.74 Å². The molecule has 6 nitrogen and oxygen atoms in total. The molecule has 0 aliphatic carbocycles. The molecular formula is C12H17N3O3. The van der Waals surface area contributed by atoms with Crippen LogP contribution in [0.1, 0.15) is 23.2 Å². The van der Waals surface area contributed by atoms with Crippen molar-refractivity contribution in [3.8, 4) is 5.88 Å². The van der Waals surface area contributed by atoms with Crippen molar-refractivity contribution in [1.29, 1.82) is 0 Å². The molecule has 1 aliphatic rings. The smallest absolute Gasteiger partial charge is 0.254 e. The molecule has 18 heavy (non-hydrogen) atoms. The predicted molar refractivity (Wildman–Crippen MR) is 66.2 cm³/mol. The van der Waals surface area contributed by atoms with Gasteiger partial charge in [0.25, 0.3) is 5.91 Å². The second-order valence-corrected chi connectivity index (χ2v) is 4.35. The van der Waals surface area contributed by atoms with Gasteiger partial charge in [0.05, 0.1) is 18.5 Å². The lowest BCUT2D eigenvalue weighted by molar-refractivity contribution is 0.0488. The van der Waals surface area contributed by atoms with Gasteiger partial charge < -0.3 is 20.9 Å². The summed E-state index contributed by atoms with van der Waals surface area (Å²) in [4.78, 5) is 15.3. The summed E-state index contributed by atoms with van der Waals surface area (Å²) in [5, 5.41) is 0. The third-order valence-electron chi connectivity index (χ3n) is 2.93. The number of nitrogens with two attached hydrogens (primary N) is 2. The van der Waals surface area contributed by atoms with Crippen LogP contribution in [0.4, 0.5) is 5.69 Å². The third kappa shape index (κ3) is 3.10. The van der Waals surface area contributed by atoms with Crippen LogP contribution in [-0.4, -0.2) is 30.7 Å². The number of carbonyl (C=O) groups excluding carboxylic acids is 1. The molecule has 0 radical (unpaired) electrons. The molecule has 98 valence electrons. The maximum Gasteiger partial charge on any atom is 0.254 e. The average molecular weight is 251 g/mol. The van der Waals surface area contributed by atoms with Crippen molar-refractivity contribution in [2.24, 2.45) is 11.7 Å². The summed E-state index contributed by atoms with van der Waals surface area (Å²) in [7, 11) is 0. The maximum absolute atomic E-state index is 11.3. The molecule has 1 amide bonds. The van der Waals surface area contributed by atoms with Crippen LogP contribution in [0.25, 0.3) is 0 Å². The van der Waals surface area contributed by atoms with E-state index in [4.69, 9.17) is 20.9 Å². The molecule has 0 spiro atoms. The van der Waals surface area contributed by atoms with Crippen LogP contribution in [0.15, 0.2) is 12.3 Å². The minimum Gasteiger partial charge on any atom is -0.477 e. The highest BCUT2D eigenvalue weighted by atomic mass is 16.5. The van der Waals surface area contributed by atoms with Crippen LogP contribution in [0.2, 0.25) is 0 Å². The first kappa shape index (κ1) is 12.6. The van der Waals surface area contributed by atoms with Crippen molar-refractivity contribution < 1.29 is 14.3 Å². The Balaban J connectivity index is 2.01. The molecule has 0 unspecified atom stereocenters. The van der Waals surface area contributed by atoms with E-state index in [0.29, 0.717) is 18.2 Å². The molecule has 0 atom stereocenters. The predicted octanol–water partition coefficient (Wildman–Crippen LogP) is 0.568. The van der Waals surface area contributed by atoms with Gasteiger partial charge in [-0.15, -0.1) is 0 Å². The summed E-state index contributed by atoms with van der Waals surface area (Å²) >= 11 is 0. The number of primary amides is 1. The van der Waals surface area contributed by atoms with E-state index in [2.05, 4.69) is 4.98 Å². The van der Waals surface area contributed by atoms with Gasteiger partial charge in [-0.2, -0.15) is 0 Å². The van der Waals surface area contributed by atoms with E-state index in [-0.39, 0.29) is 11.4 Å². The van der Waals surface area contributed by atoms with Gasteiger partial charge in [0, 0.05) is 13.2 Å². The molecule has 1 aromatic rings. The second-order valence-electron chi connectivity index (χ2n) is 4.35. The van der Waals surface area contributed by atoms with E-state index < -0.39 is 5.91 Å². The van der Waals surface area contributed by atoms with Crippen molar-refractivity contribution >= 4 is 11.6 Å². The molecule has 1 saturated heterocycles. The number of anilines is 1. The van der Waals surface area contributed by atoms with E-state index in [1.165, 1.54) is 12.3 Å². The summed E-state index contributed by atoms with van der Waals surface area (Å²) in [6.45, 7) is 2.03. The Morgan fingerprint density at radius 1 is 1.50 bits per heavy atom. The Kier molecular flexibility index (Phi) is 3.99. The van der Waals surface area contributed by atoms with Crippen molar-refractivity contribution in [2.45, 2.75) is 12.8 Å². The van der Waals surface area contributed by atoms with Crippen LogP contribution >= 0.6 is 0 Å². The second kappa shape index (κ2) is 5.68. The number of carbonyl (C=O) groups is 1. The van der Waals surface area contributed by atoms with Crippen LogP contribution < -0.4 is 16.2 Å². The van der Waals surface area contributed by atoms with Crippen molar-refractivity contribution in [2.75, 3.05) is 25.6 Å². The maximum atomic E-state index is 11.3. The van der Waals surface area contributed by atoms with E-state index in [1.54, 1.807) is 0 Å². The van der Waals surface area contributed by atoms with Gasteiger partial charge >= 0.3 is 0 Å². The average Bonchev–Trinajstić information content (AvgIpc) is 2.38. The molecule has 1 aliphatic heterocycles. The minimum absolute atomic E-state index is 0.224. The van der Waals surface area contributed by atoms with Crippen molar-refractivity contribution in [3.63, 3.8) is 0 Å². The summed E-state index contributed by atoms with van der Waals surface area (Å²) in [5.74, 6) is 0.0961. The van der Waals surface area contributed by atoms with E-state index in [1.807, 2.05) is 0 Å². The zero-order valence-corrected chi connectivity index (χ0v) is 10.1. The van der Waals surface area contributed by atoms with Gasteiger partial charge in [-0.3, -0.25) is 4.79 Å². The topological polar surface area (TPSA) is 100 Å². The molecule has 0 saturated carbocycles. The molecule has 2 heterocycles. The van der Waals surface area contributed by atoms with E-state index in [0.717, 1.165) is 26.1 Å². The number of amides is 1. The first-order valence-electron chi connectivity index (χ1n) is 5.92. The lowest BCUT2D eigenvalue weighted by Gasteiger charge is -2.22. The Hall–Kier alpha value is -1.82. The van der Waals surface area contributed by atoms with E-state index >= 15 is 0 Å². The Bertz CT molecular complexity index is 431. The standard InChI is InChI=1S/C12H17N3O3/c13-9-5-10(11(14)16)12(15-6-9)18-7-8-1-3-17-4-2-8/h5-6,8H,1-4,7,13H2,(H2,14,16). The normalized spacial score (nSPS) is 16.4. The molecule has 2 rings (SSSR count). The number of hydrogen-bond acceptors (Lipinski definition) is 5. The molecular weight excluding hydrogens is 234 g/mol. The SMILES string of the molecule is NC(=O)c1cc(N)cnc1OCC1CCOCC1. The molecule has 0 aromatic carbocycles. The number of nitrogens with zero attached hydrogens (tertiary/aromatic N) is 1. The van der Waals surface area contributed by atoms with Crippen LogP contribution in [0, 0.1) is 5.92 Å². The number of ether oxygens (including phenoxy) is 2. The molecule has 4 N–H and O–H groups in total. The fourth-order valence-electron chi connectivity index (χ4n) is 1.87. The highest BCUT2D eigenvalue weighted by Crippen LogP contribution is 2.20. The summed E-state index contributed by atoms with van der Waals surface area (Å²) in [5.41, 5.74) is 11.4. The highest BCUT2D eigenvalue weighted by Gasteiger charge is 2.17. The number of nitrogen functional groups attached to an aromatic ring is 1. The monoisotopic (exact) mass is 251 g/mol. The number of pyridine rings is 1. The first-order valence-corrected chi connectivity index (χ1v) is 5.92. The number of aromatic nitrogens is 1. The summed E-state index contributed by atoms with van der Waals surface area (Å²) in [6, 6.07) is 1.48. The summed E-state index contributed by atoms with van der Waals surface area (Å²) < 4.78 is 10.8. The fraction of sp³-hybridized carbons (Fsp3) is 0.500. The highest BCUT2D eigenvalue weighted by molar-refractivity contribution is 5.95. The quantitative estimate of drug-likeness (QED) is 0.814. The minimum atomic E-state index is -0.586. The third-order valence-corrected chi connectivity index (χ3v) is 2.93. The van der Waals surface area contributed by atoms with Crippen LogP contribution in [0.3, 0.4) is 0 Å². The Morgan fingerprint density at radius 3 is 2.89 bits per heavy atom. The zero-order valence-electron chi connectivity index (χ0n) is 10.1. The Labute approximate surface area is 105 Å². The lowest BCUT2D eigenvalue weighted by Crippen LogP contribution is -2.23. The molecule has 6 heteroatoms. The molecule has 1 fully saturated rings. The van der Waals surface area contributed by atoms with E-state index in [9.17, 15) is 4.79 Å². The fourth-order valence-corrected chi connectivity index (χ4v) is 1.87. The summed E-state index contributed by atoms with van der Waals surface area (Å²) in [6.07, 6.45) is 3.37. The van der Waals surface area contributed by atoms with Gasteiger partial charge in [0.15, 0.2) is 0 Å². The van der Waals surface area contributed by atoms with Crippen molar-refractivity contribution in [3.05, 3.63) is 17.8 Å². The van der Waals surface area contributed by atoms with Gasteiger partial charge in [-0.05, 0) is 24.8 Å². The molecule has 0 bridgehead atoms. The van der Waals surface area contributed by atoms with Crippen molar-refractivity contribution in [1.82, 2.24) is 4.98 Å². The Morgan fingerprint density at radius 2 is 2.22 bits per heavy atom. The van der Waals surface area contributed by atoms with Gasteiger partial charge in [-0.1, -0.05) is 0 Å². The van der Waals surface area contributed by atoms with Gasteiger partial charge in [0.2, 0.25) is 5.88 Å². The number of rotatable bonds is 4. The first-order chi connectivity index (χ1) is 8.66. The lowest BCUT2D eigenvalue weighted by atomic mass is 10.0. The van der Waals surface area contributed by atoms with Gasteiger partial charge in [0.1, 0.15) is 5.56 Å². The van der Waals surface area contributed by atoms with Crippen LogP contribution in [0.5, 0.6) is 5.88 Å².